The second kappa shape index (κ2) is 7.97. The van der Waals surface area contributed by atoms with Crippen LogP contribution in [0.15, 0.2) is 54.6 Å². The van der Waals surface area contributed by atoms with E-state index >= 15 is 0 Å². The van der Waals surface area contributed by atoms with Gasteiger partial charge in [-0.15, -0.1) is 0 Å². The molecule has 0 saturated carbocycles. The number of anilines is 5. The lowest BCUT2D eigenvalue weighted by Gasteiger charge is -2.10. The van der Waals surface area contributed by atoms with E-state index in [4.69, 9.17) is 5.26 Å². The van der Waals surface area contributed by atoms with Crippen LogP contribution >= 0.6 is 0 Å². The van der Waals surface area contributed by atoms with Gasteiger partial charge in [0.05, 0.1) is 11.6 Å². The third-order valence-corrected chi connectivity index (χ3v) is 3.60. The molecule has 7 nitrogen and oxygen atoms in total. The third kappa shape index (κ3) is 5.03. The lowest BCUT2D eigenvalue weighted by atomic mass is 10.2. The Balaban J connectivity index is 1.74. The van der Waals surface area contributed by atoms with Crippen LogP contribution in [0.4, 0.5) is 28.8 Å². The van der Waals surface area contributed by atoms with Gasteiger partial charge in [-0.2, -0.15) is 10.2 Å². The molecule has 1 heterocycles. The fourth-order valence-corrected chi connectivity index (χ4v) is 2.43. The van der Waals surface area contributed by atoms with Crippen molar-refractivity contribution in [2.24, 2.45) is 0 Å². The minimum Gasteiger partial charge on any atom is -0.340 e. The number of nitrogens with zero attached hydrogens (tertiary/aromatic N) is 3. The Kier molecular flexibility index (Phi) is 5.28. The molecule has 3 aromatic rings. The first-order chi connectivity index (χ1) is 13.0. The molecule has 27 heavy (non-hydrogen) atoms. The molecule has 0 aliphatic rings. The molecule has 0 aliphatic heterocycles. The van der Waals surface area contributed by atoms with Crippen LogP contribution in [-0.4, -0.2) is 15.9 Å². The Morgan fingerprint density at radius 1 is 0.926 bits per heavy atom. The van der Waals surface area contributed by atoms with Crippen LogP contribution in [0.3, 0.4) is 0 Å². The number of benzene rings is 2. The maximum absolute atomic E-state index is 11.1. The molecule has 0 atom stereocenters. The predicted molar refractivity (Wildman–Crippen MR) is 105 cm³/mol. The predicted octanol–water partition coefficient (Wildman–Crippen LogP) is 4.10. The summed E-state index contributed by atoms with van der Waals surface area (Å²) < 4.78 is 0. The second-order valence-corrected chi connectivity index (χ2v) is 5.92. The van der Waals surface area contributed by atoms with Gasteiger partial charge in [0, 0.05) is 35.7 Å². The standard InChI is InChI=1S/C20H18N6O/c1-13-11-19(24-17-5-3-15(12-21)4-6-17)26-20(22-13)25-18-9-7-16(8-10-18)23-14(2)27/h3-11H,1-2H3,(H,23,27)(H2,22,24,25,26). The van der Waals surface area contributed by atoms with Crippen molar-refractivity contribution in [1.82, 2.24) is 9.97 Å². The number of hydrogen-bond acceptors (Lipinski definition) is 6. The SMILES string of the molecule is CC(=O)Nc1ccc(Nc2nc(C)cc(Nc3ccc(C#N)cc3)n2)cc1. The highest BCUT2D eigenvalue weighted by Gasteiger charge is 2.04. The van der Waals surface area contributed by atoms with E-state index in [1.54, 1.807) is 24.3 Å². The highest BCUT2D eigenvalue weighted by atomic mass is 16.1. The van der Waals surface area contributed by atoms with E-state index in [0.29, 0.717) is 17.3 Å². The molecule has 0 bridgehead atoms. The first-order valence-electron chi connectivity index (χ1n) is 8.29. The van der Waals surface area contributed by atoms with E-state index in [9.17, 15) is 4.79 Å². The van der Waals surface area contributed by atoms with Crippen LogP contribution in [0.25, 0.3) is 0 Å². The normalized spacial score (nSPS) is 9.96. The summed E-state index contributed by atoms with van der Waals surface area (Å²) in [6.07, 6.45) is 0. The minimum atomic E-state index is -0.115. The average molecular weight is 358 g/mol. The molecule has 0 unspecified atom stereocenters. The first-order valence-corrected chi connectivity index (χ1v) is 8.29. The van der Waals surface area contributed by atoms with Crippen LogP contribution in [0.1, 0.15) is 18.2 Å². The van der Waals surface area contributed by atoms with Crippen LogP contribution < -0.4 is 16.0 Å². The number of aromatic nitrogens is 2. The van der Waals surface area contributed by atoms with Gasteiger partial charge in [-0.1, -0.05) is 0 Å². The number of amides is 1. The number of hydrogen-bond donors (Lipinski definition) is 3. The number of nitriles is 1. The Morgan fingerprint density at radius 3 is 2.15 bits per heavy atom. The highest BCUT2D eigenvalue weighted by Crippen LogP contribution is 2.20. The first kappa shape index (κ1) is 17.9. The van der Waals surface area contributed by atoms with Gasteiger partial charge in [0.15, 0.2) is 0 Å². The zero-order valence-corrected chi connectivity index (χ0v) is 14.9. The summed E-state index contributed by atoms with van der Waals surface area (Å²) in [7, 11) is 0. The molecule has 134 valence electrons. The Morgan fingerprint density at radius 2 is 1.52 bits per heavy atom. The molecule has 7 heteroatoms. The van der Waals surface area contributed by atoms with Crippen molar-refractivity contribution in [3.8, 4) is 6.07 Å². The quantitative estimate of drug-likeness (QED) is 0.634. The van der Waals surface area contributed by atoms with Crippen molar-refractivity contribution in [3.63, 3.8) is 0 Å². The number of carbonyl (C=O) groups excluding carboxylic acids is 1. The van der Waals surface area contributed by atoms with Gasteiger partial charge in [-0.3, -0.25) is 4.79 Å². The molecule has 1 aromatic heterocycles. The van der Waals surface area contributed by atoms with Gasteiger partial charge in [0.2, 0.25) is 11.9 Å². The van der Waals surface area contributed by atoms with Gasteiger partial charge in [0.1, 0.15) is 5.82 Å². The Hall–Kier alpha value is -3.92. The number of nitrogens with one attached hydrogen (secondary N) is 3. The van der Waals surface area contributed by atoms with E-state index in [1.807, 2.05) is 37.3 Å². The van der Waals surface area contributed by atoms with E-state index in [1.165, 1.54) is 6.92 Å². The summed E-state index contributed by atoms with van der Waals surface area (Å²) in [6.45, 7) is 3.35. The molecule has 0 fully saturated rings. The molecule has 3 N–H and O–H groups in total. The van der Waals surface area contributed by atoms with Crippen LogP contribution in [0.5, 0.6) is 0 Å². The van der Waals surface area contributed by atoms with Gasteiger partial charge >= 0.3 is 0 Å². The number of aryl methyl sites for hydroxylation is 1. The summed E-state index contributed by atoms with van der Waals surface area (Å²) >= 11 is 0. The van der Waals surface area contributed by atoms with Crippen LogP contribution in [0, 0.1) is 18.3 Å². The van der Waals surface area contributed by atoms with E-state index in [0.717, 1.165) is 22.8 Å². The Labute approximate surface area is 157 Å². The smallest absolute Gasteiger partial charge is 0.229 e. The molecule has 0 spiro atoms. The van der Waals surface area contributed by atoms with Crippen molar-refractivity contribution in [2.45, 2.75) is 13.8 Å². The summed E-state index contributed by atoms with van der Waals surface area (Å²) in [6, 6.07) is 18.3. The maximum Gasteiger partial charge on any atom is 0.229 e. The highest BCUT2D eigenvalue weighted by molar-refractivity contribution is 5.88. The zero-order chi connectivity index (χ0) is 19.2. The summed E-state index contributed by atoms with van der Waals surface area (Å²) in [5.74, 6) is 0.985. The van der Waals surface area contributed by atoms with Crippen LogP contribution in [0.2, 0.25) is 0 Å². The van der Waals surface area contributed by atoms with E-state index < -0.39 is 0 Å². The van der Waals surface area contributed by atoms with Gasteiger partial charge in [-0.05, 0) is 55.5 Å². The monoisotopic (exact) mass is 358 g/mol. The van der Waals surface area contributed by atoms with Crippen LogP contribution in [-0.2, 0) is 4.79 Å². The van der Waals surface area contributed by atoms with Gasteiger partial charge in [-0.25, -0.2) is 4.98 Å². The molecular weight excluding hydrogens is 340 g/mol. The van der Waals surface area contributed by atoms with Crippen molar-refractivity contribution >= 4 is 34.7 Å². The lowest BCUT2D eigenvalue weighted by Crippen LogP contribution is -2.06. The molecule has 3 rings (SSSR count). The number of rotatable bonds is 5. The molecular formula is C20H18N6O. The fourth-order valence-electron chi connectivity index (χ4n) is 2.43. The third-order valence-electron chi connectivity index (χ3n) is 3.60. The van der Waals surface area contributed by atoms with Crippen molar-refractivity contribution in [3.05, 3.63) is 65.9 Å². The fraction of sp³-hybridized carbons (Fsp3) is 0.100. The number of carbonyl (C=O) groups is 1. The Bertz CT molecular complexity index is 990. The summed E-state index contributed by atoms with van der Waals surface area (Å²) in [5, 5.41) is 17.9. The molecule has 0 radical (unpaired) electrons. The van der Waals surface area contributed by atoms with Crippen molar-refractivity contribution in [2.75, 3.05) is 16.0 Å². The van der Waals surface area contributed by atoms with Crippen molar-refractivity contribution < 1.29 is 4.79 Å². The average Bonchev–Trinajstić information content (AvgIpc) is 2.63. The topological polar surface area (TPSA) is 103 Å². The lowest BCUT2D eigenvalue weighted by molar-refractivity contribution is -0.114. The largest absolute Gasteiger partial charge is 0.340 e. The zero-order valence-electron chi connectivity index (χ0n) is 14.9. The molecule has 0 saturated heterocycles. The minimum absolute atomic E-state index is 0.115. The van der Waals surface area contributed by atoms with Crippen molar-refractivity contribution in [1.29, 1.82) is 5.26 Å². The maximum atomic E-state index is 11.1. The van der Waals surface area contributed by atoms with E-state index in [2.05, 4.69) is 32.0 Å². The summed E-state index contributed by atoms with van der Waals surface area (Å²) in [4.78, 5) is 19.9. The van der Waals surface area contributed by atoms with E-state index in [-0.39, 0.29) is 5.91 Å². The second-order valence-electron chi connectivity index (χ2n) is 5.92. The van der Waals surface area contributed by atoms with Gasteiger partial charge in [0.25, 0.3) is 0 Å². The molecule has 0 aliphatic carbocycles. The summed E-state index contributed by atoms with van der Waals surface area (Å²) in [5.41, 5.74) is 3.76. The van der Waals surface area contributed by atoms with Gasteiger partial charge < -0.3 is 16.0 Å². The molecule has 2 aromatic carbocycles. The molecule has 1 amide bonds.